The van der Waals surface area contributed by atoms with E-state index in [1.165, 1.54) is 17.0 Å². The van der Waals surface area contributed by atoms with Gasteiger partial charge in [0.05, 0.1) is 0 Å². The van der Waals surface area contributed by atoms with Crippen LogP contribution in [0.1, 0.15) is 34.1 Å². The topological polar surface area (TPSA) is 43.3 Å². The average molecular weight is 499 g/mol. The summed E-state index contributed by atoms with van der Waals surface area (Å²) in [5.74, 6) is 0.623. The molecule has 0 bridgehead atoms. The van der Waals surface area contributed by atoms with Gasteiger partial charge in [-0.05, 0) is 65.4 Å². The van der Waals surface area contributed by atoms with E-state index in [0.717, 1.165) is 33.5 Å². The van der Waals surface area contributed by atoms with Crippen molar-refractivity contribution >= 4 is 28.6 Å². The molecule has 1 amide bonds. The minimum atomic E-state index is -4.71. The number of benzene rings is 3. The van der Waals surface area contributed by atoms with Gasteiger partial charge in [0.25, 0.3) is 5.91 Å². The molecule has 182 valence electrons. The second-order valence-corrected chi connectivity index (χ2v) is 9.43. The van der Waals surface area contributed by atoms with Crippen LogP contribution in [0.4, 0.5) is 13.2 Å². The monoisotopic (exact) mass is 498 g/mol. The maximum atomic E-state index is 12.7. The number of fused-ring (bicyclic) bond motifs is 1. The third-order valence-corrected chi connectivity index (χ3v) is 6.53. The minimum Gasteiger partial charge on any atom is -0.406 e. The van der Waals surface area contributed by atoms with Crippen molar-refractivity contribution in [1.29, 1.82) is 0 Å². The van der Waals surface area contributed by atoms with Crippen molar-refractivity contribution in [3.8, 4) is 5.75 Å². The second kappa shape index (κ2) is 10.5. The molecule has 1 aromatic heterocycles. The summed E-state index contributed by atoms with van der Waals surface area (Å²) >= 11 is 1.78. The Morgan fingerprint density at radius 1 is 0.971 bits per heavy atom. The van der Waals surface area contributed by atoms with Crippen molar-refractivity contribution in [3.05, 3.63) is 95.2 Å². The molecule has 1 heterocycles. The van der Waals surface area contributed by atoms with Gasteiger partial charge in [-0.25, -0.2) is 0 Å². The number of amides is 1. The number of ether oxygens (including phenoxy) is 1. The van der Waals surface area contributed by atoms with Gasteiger partial charge in [0.15, 0.2) is 0 Å². The van der Waals surface area contributed by atoms with Crippen molar-refractivity contribution in [1.82, 2.24) is 9.88 Å². The summed E-state index contributed by atoms with van der Waals surface area (Å²) in [5, 5.41) is 3.89. The van der Waals surface area contributed by atoms with Gasteiger partial charge >= 0.3 is 6.36 Å². The number of thioether (sulfide) groups is 1. The summed E-state index contributed by atoms with van der Waals surface area (Å²) in [6, 6.07) is 21.6. The highest BCUT2D eigenvalue weighted by Gasteiger charge is 2.30. The molecular formula is C27H25F3N2O2S. The molecule has 3 aromatic carbocycles. The Hall–Kier alpha value is -3.39. The van der Waals surface area contributed by atoms with Crippen LogP contribution in [0.25, 0.3) is 10.9 Å². The molecule has 0 saturated carbocycles. The Balaban J connectivity index is 1.43. The minimum absolute atomic E-state index is 0.149. The summed E-state index contributed by atoms with van der Waals surface area (Å²) in [6.07, 6.45) is -4.18. The van der Waals surface area contributed by atoms with E-state index in [0.29, 0.717) is 18.5 Å². The van der Waals surface area contributed by atoms with E-state index in [-0.39, 0.29) is 11.7 Å². The first kappa shape index (κ1) is 24.7. The Morgan fingerprint density at radius 3 is 2.31 bits per heavy atom. The molecule has 0 spiro atoms. The molecule has 0 atom stereocenters. The molecule has 0 unspecified atom stereocenters. The van der Waals surface area contributed by atoms with E-state index in [1.54, 1.807) is 30.0 Å². The van der Waals surface area contributed by atoms with Crippen molar-refractivity contribution < 1.29 is 22.7 Å². The van der Waals surface area contributed by atoms with Crippen LogP contribution in [0, 0.1) is 0 Å². The third-order valence-electron chi connectivity index (χ3n) is 5.63. The van der Waals surface area contributed by atoms with Crippen LogP contribution in [-0.4, -0.2) is 22.6 Å². The molecule has 0 aliphatic rings. The van der Waals surface area contributed by atoms with E-state index in [2.05, 4.69) is 29.1 Å². The number of aryl methyl sites for hydroxylation is 1. The number of aromatic nitrogens is 1. The van der Waals surface area contributed by atoms with Gasteiger partial charge in [-0.1, -0.05) is 31.2 Å². The Bertz CT molecular complexity index is 1310. The van der Waals surface area contributed by atoms with Crippen LogP contribution >= 0.6 is 11.8 Å². The van der Waals surface area contributed by atoms with Crippen LogP contribution < -0.4 is 10.1 Å². The van der Waals surface area contributed by atoms with Gasteiger partial charge < -0.3 is 14.6 Å². The highest BCUT2D eigenvalue weighted by atomic mass is 32.2. The predicted molar refractivity (Wildman–Crippen MR) is 133 cm³/mol. The number of rotatable bonds is 8. The number of nitrogens with zero attached hydrogens (tertiary/aromatic N) is 1. The lowest BCUT2D eigenvalue weighted by Crippen LogP contribution is -2.22. The Kier molecular flexibility index (Phi) is 7.40. The van der Waals surface area contributed by atoms with Crippen LogP contribution in [0.5, 0.6) is 5.75 Å². The van der Waals surface area contributed by atoms with Crippen molar-refractivity contribution in [2.24, 2.45) is 7.05 Å². The summed E-state index contributed by atoms with van der Waals surface area (Å²) in [6.45, 7) is 2.56. The highest BCUT2D eigenvalue weighted by Crippen LogP contribution is 2.26. The van der Waals surface area contributed by atoms with Crippen LogP contribution in [0.15, 0.2) is 77.7 Å². The van der Waals surface area contributed by atoms with Gasteiger partial charge in [-0.3, -0.25) is 4.79 Å². The zero-order chi connectivity index (χ0) is 25.0. The molecule has 8 heteroatoms. The normalized spacial score (nSPS) is 11.6. The van der Waals surface area contributed by atoms with E-state index in [1.807, 2.05) is 41.9 Å². The lowest BCUT2D eigenvalue weighted by Gasteiger charge is -2.09. The largest absolute Gasteiger partial charge is 0.573 e. The molecule has 0 fully saturated rings. The molecule has 35 heavy (non-hydrogen) atoms. The standard InChI is InChI=1S/C27H25F3N2O2S/c1-3-35-24-11-6-19(7-12-24)17-31-26(33)20-8-13-25-21(15-20)16-22(32(25)2)14-18-4-9-23(10-5-18)34-27(28,29)30/h4-13,15-16H,3,14,17H2,1-2H3,(H,31,33). The average Bonchev–Trinajstić information content (AvgIpc) is 3.13. The fraction of sp³-hybridized carbons (Fsp3) is 0.222. The van der Waals surface area contributed by atoms with Gasteiger partial charge in [-0.15, -0.1) is 24.9 Å². The van der Waals surface area contributed by atoms with Crippen LogP contribution in [-0.2, 0) is 20.0 Å². The van der Waals surface area contributed by atoms with Gasteiger partial charge in [0, 0.05) is 47.1 Å². The number of alkyl halides is 3. The van der Waals surface area contributed by atoms with E-state index in [9.17, 15) is 18.0 Å². The number of hydrogen-bond acceptors (Lipinski definition) is 3. The Morgan fingerprint density at radius 2 is 1.66 bits per heavy atom. The zero-order valence-electron chi connectivity index (χ0n) is 19.4. The van der Waals surface area contributed by atoms with E-state index in [4.69, 9.17) is 0 Å². The number of carbonyl (C=O) groups is 1. The quantitative estimate of drug-likeness (QED) is 0.275. The molecule has 0 radical (unpaired) electrons. The van der Waals surface area contributed by atoms with Crippen molar-refractivity contribution in [2.45, 2.75) is 31.1 Å². The summed E-state index contributed by atoms with van der Waals surface area (Å²) in [4.78, 5) is 13.9. The van der Waals surface area contributed by atoms with Gasteiger partial charge in [-0.2, -0.15) is 0 Å². The van der Waals surface area contributed by atoms with Crippen molar-refractivity contribution in [2.75, 3.05) is 5.75 Å². The predicted octanol–water partition coefficient (Wildman–Crippen LogP) is 6.71. The fourth-order valence-corrected chi connectivity index (χ4v) is 4.55. The first-order chi connectivity index (χ1) is 16.7. The van der Waals surface area contributed by atoms with E-state index < -0.39 is 6.36 Å². The molecule has 1 N–H and O–H groups in total. The Labute approximate surface area is 206 Å². The molecular weight excluding hydrogens is 473 g/mol. The maximum absolute atomic E-state index is 12.7. The van der Waals surface area contributed by atoms with Crippen LogP contribution in [0.2, 0.25) is 0 Å². The number of hydrogen-bond donors (Lipinski definition) is 1. The highest BCUT2D eigenvalue weighted by molar-refractivity contribution is 7.99. The molecule has 0 aliphatic carbocycles. The smallest absolute Gasteiger partial charge is 0.406 e. The first-order valence-corrected chi connectivity index (χ1v) is 12.1. The van der Waals surface area contributed by atoms with Crippen molar-refractivity contribution in [3.63, 3.8) is 0 Å². The number of carbonyl (C=O) groups excluding carboxylic acids is 1. The maximum Gasteiger partial charge on any atom is 0.573 e. The lowest BCUT2D eigenvalue weighted by atomic mass is 10.1. The molecule has 4 rings (SSSR count). The van der Waals surface area contributed by atoms with Gasteiger partial charge in [0.1, 0.15) is 5.75 Å². The molecule has 4 aromatic rings. The lowest BCUT2D eigenvalue weighted by molar-refractivity contribution is -0.274. The third kappa shape index (κ3) is 6.39. The second-order valence-electron chi connectivity index (χ2n) is 8.10. The van der Waals surface area contributed by atoms with E-state index >= 15 is 0 Å². The molecule has 4 nitrogen and oxygen atoms in total. The van der Waals surface area contributed by atoms with Gasteiger partial charge in [0.2, 0.25) is 0 Å². The van der Waals surface area contributed by atoms with Crippen LogP contribution in [0.3, 0.4) is 0 Å². The SMILES string of the molecule is CCSc1ccc(CNC(=O)c2ccc3c(c2)cc(Cc2ccc(OC(F)(F)F)cc2)n3C)cc1. The summed E-state index contributed by atoms with van der Waals surface area (Å²) in [5.41, 5.74) is 4.41. The molecule has 0 aliphatic heterocycles. The zero-order valence-corrected chi connectivity index (χ0v) is 20.2. The summed E-state index contributed by atoms with van der Waals surface area (Å²) < 4.78 is 43.1. The summed E-state index contributed by atoms with van der Waals surface area (Å²) in [7, 11) is 1.93. The molecule has 0 saturated heterocycles. The number of nitrogens with one attached hydrogen (secondary N) is 1. The number of halogens is 3. The fourth-order valence-electron chi connectivity index (χ4n) is 3.89. The first-order valence-electron chi connectivity index (χ1n) is 11.1.